The molecule has 2 rings (SSSR count). The zero-order valence-electron chi connectivity index (χ0n) is 12.5. The molecule has 2 nitrogen and oxygen atoms in total. The molecule has 114 valence electrons. The molecule has 0 saturated carbocycles. The lowest BCUT2D eigenvalue weighted by Crippen LogP contribution is -2.12. The minimum Gasteiger partial charge on any atom is -0.312 e. The first-order valence-corrected chi connectivity index (χ1v) is 8.72. The number of benzene rings is 1. The maximum Gasteiger partial charge on any atom is 0.0976 e. The molecule has 1 N–H and O–H groups in total. The smallest absolute Gasteiger partial charge is 0.0976 e. The molecular weight excluding hydrogens is 323 g/mol. The van der Waals surface area contributed by atoms with Gasteiger partial charge in [-0.05, 0) is 30.2 Å². The summed E-state index contributed by atoms with van der Waals surface area (Å²) >= 11 is 14.3. The van der Waals surface area contributed by atoms with E-state index >= 15 is 0 Å². The third-order valence-corrected chi connectivity index (χ3v) is 5.02. The molecule has 0 aliphatic rings. The number of aromatic nitrogens is 1. The highest BCUT2D eigenvalue weighted by Crippen LogP contribution is 2.31. The summed E-state index contributed by atoms with van der Waals surface area (Å²) < 4.78 is 0. The van der Waals surface area contributed by atoms with Crippen LogP contribution in [0, 0.1) is 0 Å². The average Bonchev–Trinajstić information content (AvgIpc) is 2.84. The van der Waals surface area contributed by atoms with E-state index in [2.05, 4.69) is 26.1 Å². The molecule has 1 aromatic heterocycles. The van der Waals surface area contributed by atoms with Crippen molar-refractivity contribution in [2.24, 2.45) is 0 Å². The minimum atomic E-state index is 0.422. The van der Waals surface area contributed by atoms with Crippen LogP contribution in [0.3, 0.4) is 0 Å². The Kier molecular flexibility index (Phi) is 6.06. The fourth-order valence-corrected chi connectivity index (χ4v) is 3.89. The highest BCUT2D eigenvalue weighted by atomic mass is 35.5. The van der Waals surface area contributed by atoms with Crippen molar-refractivity contribution >= 4 is 34.5 Å². The van der Waals surface area contributed by atoms with Crippen molar-refractivity contribution in [3.8, 4) is 0 Å². The molecule has 5 heteroatoms. The first-order chi connectivity index (χ1) is 10.0. The Morgan fingerprint density at radius 1 is 1.24 bits per heavy atom. The lowest BCUT2D eigenvalue weighted by Gasteiger charge is -2.05. The van der Waals surface area contributed by atoms with Crippen LogP contribution >= 0.6 is 34.5 Å². The Balaban J connectivity index is 2.28. The molecule has 0 aliphatic heterocycles. The second kappa shape index (κ2) is 7.59. The van der Waals surface area contributed by atoms with Crippen molar-refractivity contribution < 1.29 is 0 Å². The third-order valence-electron chi connectivity index (χ3n) is 3.24. The van der Waals surface area contributed by atoms with E-state index in [0.29, 0.717) is 22.4 Å². The van der Waals surface area contributed by atoms with E-state index in [1.165, 1.54) is 10.6 Å². The van der Waals surface area contributed by atoms with Crippen LogP contribution in [0.15, 0.2) is 18.2 Å². The van der Waals surface area contributed by atoms with Gasteiger partial charge in [0.05, 0.1) is 10.7 Å². The van der Waals surface area contributed by atoms with E-state index in [0.717, 1.165) is 23.7 Å². The Labute approximate surface area is 140 Å². The number of halogens is 2. The second-order valence-corrected chi connectivity index (χ2v) is 7.21. The Morgan fingerprint density at radius 3 is 2.48 bits per heavy atom. The van der Waals surface area contributed by atoms with Gasteiger partial charge in [-0.3, -0.25) is 0 Å². The monoisotopic (exact) mass is 342 g/mol. The van der Waals surface area contributed by atoms with Crippen molar-refractivity contribution in [1.82, 2.24) is 10.3 Å². The van der Waals surface area contributed by atoms with Gasteiger partial charge in [0.15, 0.2) is 0 Å². The molecule has 0 radical (unpaired) electrons. The Morgan fingerprint density at radius 2 is 1.90 bits per heavy atom. The molecule has 0 bridgehead atoms. The zero-order chi connectivity index (χ0) is 15.4. The quantitative estimate of drug-likeness (QED) is 0.772. The molecule has 0 spiro atoms. The van der Waals surface area contributed by atoms with Gasteiger partial charge in [0.25, 0.3) is 0 Å². The predicted molar refractivity (Wildman–Crippen MR) is 92.9 cm³/mol. The van der Waals surface area contributed by atoms with E-state index < -0.39 is 0 Å². The standard InChI is InChI=1S/C16H20Cl2N2S/c1-4-19-9-14-16(10(2)3)20-15(21-14)8-11-12(17)6-5-7-13(11)18/h5-7,10,19H,4,8-9H2,1-3H3. The maximum absolute atomic E-state index is 6.25. The molecular formula is C16H20Cl2N2S. The van der Waals surface area contributed by atoms with Crippen molar-refractivity contribution in [3.05, 3.63) is 49.4 Å². The van der Waals surface area contributed by atoms with Gasteiger partial charge < -0.3 is 5.32 Å². The summed E-state index contributed by atoms with van der Waals surface area (Å²) in [6.45, 7) is 8.30. The summed E-state index contributed by atoms with van der Waals surface area (Å²) in [4.78, 5) is 6.11. The van der Waals surface area contributed by atoms with Crippen molar-refractivity contribution in [2.75, 3.05) is 6.54 Å². The maximum atomic E-state index is 6.25. The fourth-order valence-electron chi connectivity index (χ4n) is 2.16. The lowest BCUT2D eigenvalue weighted by molar-refractivity contribution is 0.713. The number of nitrogens with one attached hydrogen (secondary N) is 1. The summed E-state index contributed by atoms with van der Waals surface area (Å²) in [6.07, 6.45) is 0.690. The van der Waals surface area contributed by atoms with Gasteiger partial charge in [0.1, 0.15) is 0 Å². The lowest BCUT2D eigenvalue weighted by atomic mass is 10.1. The molecule has 0 aliphatic carbocycles. The SMILES string of the molecule is CCNCc1sc(Cc2c(Cl)cccc2Cl)nc1C(C)C. The largest absolute Gasteiger partial charge is 0.312 e. The number of rotatable bonds is 6. The van der Waals surface area contributed by atoms with Crippen molar-refractivity contribution in [3.63, 3.8) is 0 Å². The van der Waals surface area contributed by atoms with Gasteiger partial charge in [0, 0.05) is 27.9 Å². The Hall–Kier alpha value is -0.610. The van der Waals surface area contributed by atoms with Gasteiger partial charge in [-0.1, -0.05) is 50.0 Å². The van der Waals surface area contributed by atoms with E-state index in [1.54, 1.807) is 11.3 Å². The predicted octanol–water partition coefficient (Wildman–Crippen LogP) is 5.27. The summed E-state index contributed by atoms with van der Waals surface area (Å²) in [6, 6.07) is 5.62. The van der Waals surface area contributed by atoms with Gasteiger partial charge in [-0.25, -0.2) is 4.98 Å². The third kappa shape index (κ3) is 4.19. The van der Waals surface area contributed by atoms with Gasteiger partial charge in [-0.15, -0.1) is 11.3 Å². The zero-order valence-corrected chi connectivity index (χ0v) is 14.9. The number of hydrogen-bond acceptors (Lipinski definition) is 3. The summed E-state index contributed by atoms with van der Waals surface area (Å²) in [7, 11) is 0. The minimum absolute atomic E-state index is 0.422. The molecule has 2 aromatic rings. The number of thiazole rings is 1. The summed E-state index contributed by atoms with van der Waals surface area (Å²) in [5, 5.41) is 5.86. The highest BCUT2D eigenvalue weighted by molar-refractivity contribution is 7.11. The summed E-state index contributed by atoms with van der Waals surface area (Å²) in [5.41, 5.74) is 2.14. The summed E-state index contributed by atoms with van der Waals surface area (Å²) in [5.74, 6) is 0.422. The molecule has 0 saturated heterocycles. The van der Waals surface area contributed by atoms with Crippen LogP contribution in [0.5, 0.6) is 0 Å². The van der Waals surface area contributed by atoms with Crippen LogP contribution in [0.25, 0.3) is 0 Å². The molecule has 0 unspecified atom stereocenters. The molecule has 21 heavy (non-hydrogen) atoms. The van der Waals surface area contributed by atoms with Crippen LogP contribution in [0.4, 0.5) is 0 Å². The van der Waals surface area contributed by atoms with E-state index in [-0.39, 0.29) is 0 Å². The Bertz CT molecular complexity index is 588. The van der Waals surface area contributed by atoms with E-state index in [4.69, 9.17) is 28.2 Å². The fraction of sp³-hybridized carbons (Fsp3) is 0.438. The normalized spacial score (nSPS) is 11.3. The number of nitrogens with zero attached hydrogens (tertiary/aromatic N) is 1. The van der Waals surface area contributed by atoms with Gasteiger partial charge >= 0.3 is 0 Å². The molecule has 0 fully saturated rings. The van der Waals surface area contributed by atoms with Crippen LogP contribution in [0.1, 0.15) is 47.8 Å². The van der Waals surface area contributed by atoms with Crippen molar-refractivity contribution in [2.45, 2.75) is 39.7 Å². The molecule has 1 heterocycles. The average molecular weight is 343 g/mol. The van der Waals surface area contributed by atoms with Crippen LogP contribution < -0.4 is 5.32 Å². The van der Waals surface area contributed by atoms with Gasteiger partial charge in [-0.2, -0.15) is 0 Å². The first-order valence-electron chi connectivity index (χ1n) is 7.15. The molecule has 0 amide bonds. The first kappa shape index (κ1) is 16.8. The van der Waals surface area contributed by atoms with Gasteiger partial charge in [0.2, 0.25) is 0 Å². The number of hydrogen-bond donors (Lipinski definition) is 1. The molecule has 1 aromatic carbocycles. The second-order valence-electron chi connectivity index (χ2n) is 5.23. The van der Waals surface area contributed by atoms with Crippen LogP contribution in [-0.4, -0.2) is 11.5 Å². The van der Waals surface area contributed by atoms with Crippen LogP contribution in [-0.2, 0) is 13.0 Å². The highest BCUT2D eigenvalue weighted by Gasteiger charge is 2.16. The van der Waals surface area contributed by atoms with Crippen LogP contribution in [0.2, 0.25) is 10.0 Å². The van der Waals surface area contributed by atoms with E-state index in [9.17, 15) is 0 Å². The van der Waals surface area contributed by atoms with Crippen molar-refractivity contribution in [1.29, 1.82) is 0 Å². The molecule has 0 atom stereocenters. The topological polar surface area (TPSA) is 24.9 Å². The van der Waals surface area contributed by atoms with E-state index in [1.807, 2.05) is 18.2 Å².